The smallest absolute Gasteiger partial charge is 0.126 e. The average molecular weight is 168 g/mol. The molecule has 70 valence electrons. The molecule has 1 nitrogen and oxygen atoms in total. The van der Waals surface area contributed by atoms with Gasteiger partial charge in [0.25, 0.3) is 0 Å². The highest BCUT2D eigenvalue weighted by Crippen LogP contribution is 2.43. The van der Waals surface area contributed by atoms with Gasteiger partial charge in [0.15, 0.2) is 0 Å². The van der Waals surface area contributed by atoms with Crippen molar-refractivity contribution in [3.8, 4) is 0 Å². The van der Waals surface area contributed by atoms with E-state index in [1.807, 2.05) is 0 Å². The number of rotatable bonds is 4. The highest BCUT2D eigenvalue weighted by Gasteiger charge is 2.36. The molecule has 0 aromatic heterocycles. The van der Waals surface area contributed by atoms with Crippen LogP contribution in [-0.4, -0.2) is 6.29 Å². The van der Waals surface area contributed by atoms with Crippen molar-refractivity contribution in [1.29, 1.82) is 0 Å². The lowest BCUT2D eigenvalue weighted by Gasteiger charge is -2.21. The van der Waals surface area contributed by atoms with E-state index >= 15 is 0 Å². The maximum atomic E-state index is 11.0. The molecule has 0 N–H and O–H groups in total. The predicted octanol–water partition coefficient (Wildman–Crippen LogP) is 3.18. The molecule has 1 fully saturated rings. The Hall–Kier alpha value is -0.330. The number of hydrogen-bond acceptors (Lipinski definition) is 1. The Bertz CT molecular complexity index is 153. The first-order valence-electron chi connectivity index (χ1n) is 5.19. The molecule has 1 aliphatic carbocycles. The van der Waals surface area contributed by atoms with E-state index in [0.717, 1.165) is 25.2 Å². The van der Waals surface area contributed by atoms with Gasteiger partial charge in [-0.05, 0) is 31.6 Å². The molecule has 0 bridgehead atoms. The lowest BCUT2D eigenvalue weighted by molar-refractivity contribution is -0.116. The lowest BCUT2D eigenvalue weighted by Crippen LogP contribution is -2.18. The molecule has 0 spiro atoms. The first-order chi connectivity index (χ1) is 5.72. The quantitative estimate of drug-likeness (QED) is 0.589. The van der Waals surface area contributed by atoms with Crippen molar-refractivity contribution in [2.45, 2.75) is 52.4 Å². The lowest BCUT2D eigenvalue weighted by atomic mass is 9.82. The molecular weight excluding hydrogens is 148 g/mol. The Morgan fingerprint density at radius 2 is 2.33 bits per heavy atom. The molecule has 1 rings (SSSR count). The molecule has 0 saturated heterocycles. The van der Waals surface area contributed by atoms with Crippen LogP contribution in [0.3, 0.4) is 0 Å². The van der Waals surface area contributed by atoms with Crippen LogP contribution in [0.15, 0.2) is 0 Å². The first kappa shape index (κ1) is 9.76. The molecule has 0 aliphatic heterocycles. The summed E-state index contributed by atoms with van der Waals surface area (Å²) in [5, 5.41) is 0. The van der Waals surface area contributed by atoms with Gasteiger partial charge in [-0.15, -0.1) is 0 Å². The van der Waals surface area contributed by atoms with Crippen molar-refractivity contribution in [3.05, 3.63) is 0 Å². The SMILES string of the molecule is CCCCC1(C=O)CCC(C)C1. The maximum Gasteiger partial charge on any atom is 0.126 e. The molecular formula is C11H20O. The second-order valence-electron chi connectivity index (χ2n) is 4.43. The minimum atomic E-state index is 0.0788. The summed E-state index contributed by atoms with van der Waals surface area (Å²) in [5.74, 6) is 0.770. The fraction of sp³-hybridized carbons (Fsp3) is 0.909. The summed E-state index contributed by atoms with van der Waals surface area (Å²) in [6.07, 6.45) is 8.30. The van der Waals surface area contributed by atoms with E-state index in [4.69, 9.17) is 0 Å². The molecule has 0 heterocycles. The van der Waals surface area contributed by atoms with Crippen molar-refractivity contribution < 1.29 is 4.79 Å². The molecule has 2 unspecified atom stereocenters. The summed E-state index contributed by atoms with van der Waals surface area (Å²) in [6, 6.07) is 0. The summed E-state index contributed by atoms with van der Waals surface area (Å²) < 4.78 is 0. The average Bonchev–Trinajstić information content (AvgIpc) is 2.45. The Kier molecular flexibility index (Phi) is 3.30. The topological polar surface area (TPSA) is 17.1 Å². The largest absolute Gasteiger partial charge is 0.303 e. The number of unbranched alkanes of at least 4 members (excludes halogenated alkanes) is 1. The van der Waals surface area contributed by atoms with Gasteiger partial charge in [0.05, 0.1) is 0 Å². The third-order valence-corrected chi connectivity index (χ3v) is 3.17. The van der Waals surface area contributed by atoms with Gasteiger partial charge < -0.3 is 4.79 Å². The Labute approximate surface area is 75.5 Å². The molecule has 2 atom stereocenters. The molecule has 1 heteroatoms. The molecule has 0 aromatic carbocycles. The fourth-order valence-electron chi connectivity index (χ4n) is 2.35. The first-order valence-corrected chi connectivity index (χ1v) is 5.19. The summed E-state index contributed by atoms with van der Waals surface area (Å²) in [5.41, 5.74) is 0.0788. The number of carbonyl (C=O) groups is 1. The third-order valence-electron chi connectivity index (χ3n) is 3.17. The Morgan fingerprint density at radius 1 is 1.58 bits per heavy atom. The van der Waals surface area contributed by atoms with Gasteiger partial charge in [0.2, 0.25) is 0 Å². The van der Waals surface area contributed by atoms with Crippen molar-refractivity contribution in [1.82, 2.24) is 0 Å². The zero-order chi connectivity index (χ0) is 9.03. The van der Waals surface area contributed by atoms with Crippen LogP contribution in [0.5, 0.6) is 0 Å². The normalized spacial score (nSPS) is 35.3. The van der Waals surface area contributed by atoms with Crippen molar-refractivity contribution in [3.63, 3.8) is 0 Å². The Morgan fingerprint density at radius 3 is 2.75 bits per heavy atom. The third kappa shape index (κ3) is 2.09. The Balaban J connectivity index is 2.46. The maximum absolute atomic E-state index is 11.0. The summed E-state index contributed by atoms with van der Waals surface area (Å²) in [7, 11) is 0. The molecule has 0 radical (unpaired) electrons. The van der Waals surface area contributed by atoms with E-state index in [1.54, 1.807) is 0 Å². The zero-order valence-electron chi connectivity index (χ0n) is 8.31. The van der Waals surface area contributed by atoms with Gasteiger partial charge >= 0.3 is 0 Å². The highest BCUT2D eigenvalue weighted by molar-refractivity contribution is 5.59. The van der Waals surface area contributed by atoms with Crippen LogP contribution >= 0.6 is 0 Å². The summed E-state index contributed by atoms with van der Waals surface area (Å²) >= 11 is 0. The van der Waals surface area contributed by atoms with Gasteiger partial charge in [0, 0.05) is 5.41 Å². The molecule has 1 saturated carbocycles. The van der Waals surface area contributed by atoms with E-state index in [1.165, 1.54) is 25.5 Å². The van der Waals surface area contributed by atoms with Crippen molar-refractivity contribution >= 4 is 6.29 Å². The highest BCUT2D eigenvalue weighted by atomic mass is 16.1. The summed E-state index contributed by atoms with van der Waals surface area (Å²) in [6.45, 7) is 4.45. The van der Waals surface area contributed by atoms with E-state index in [2.05, 4.69) is 13.8 Å². The van der Waals surface area contributed by atoms with Crippen LogP contribution in [-0.2, 0) is 4.79 Å². The molecule has 0 aromatic rings. The number of aldehydes is 1. The van der Waals surface area contributed by atoms with E-state index < -0.39 is 0 Å². The van der Waals surface area contributed by atoms with E-state index in [0.29, 0.717) is 0 Å². The zero-order valence-corrected chi connectivity index (χ0v) is 8.31. The van der Waals surface area contributed by atoms with Gasteiger partial charge in [0.1, 0.15) is 6.29 Å². The van der Waals surface area contributed by atoms with Crippen molar-refractivity contribution in [2.24, 2.45) is 11.3 Å². The molecule has 1 aliphatic rings. The fourth-order valence-corrected chi connectivity index (χ4v) is 2.35. The molecule has 12 heavy (non-hydrogen) atoms. The van der Waals surface area contributed by atoms with Crippen LogP contribution < -0.4 is 0 Å². The number of hydrogen-bond donors (Lipinski definition) is 0. The van der Waals surface area contributed by atoms with E-state index in [9.17, 15) is 4.79 Å². The van der Waals surface area contributed by atoms with Crippen LogP contribution in [0.1, 0.15) is 52.4 Å². The second kappa shape index (κ2) is 4.06. The predicted molar refractivity (Wildman–Crippen MR) is 51.0 cm³/mol. The van der Waals surface area contributed by atoms with Crippen LogP contribution in [0.4, 0.5) is 0 Å². The van der Waals surface area contributed by atoms with Gasteiger partial charge in [-0.3, -0.25) is 0 Å². The standard InChI is InChI=1S/C11H20O/c1-3-4-6-11(9-12)7-5-10(2)8-11/h9-10H,3-8H2,1-2H3. The number of carbonyl (C=O) groups excluding carboxylic acids is 1. The van der Waals surface area contributed by atoms with Gasteiger partial charge in [-0.1, -0.05) is 26.7 Å². The van der Waals surface area contributed by atoms with Crippen molar-refractivity contribution in [2.75, 3.05) is 0 Å². The monoisotopic (exact) mass is 168 g/mol. The minimum absolute atomic E-state index is 0.0788. The van der Waals surface area contributed by atoms with Gasteiger partial charge in [-0.25, -0.2) is 0 Å². The minimum Gasteiger partial charge on any atom is -0.303 e. The van der Waals surface area contributed by atoms with Crippen LogP contribution in [0.2, 0.25) is 0 Å². The van der Waals surface area contributed by atoms with Crippen LogP contribution in [0, 0.1) is 11.3 Å². The van der Waals surface area contributed by atoms with E-state index in [-0.39, 0.29) is 5.41 Å². The van der Waals surface area contributed by atoms with Gasteiger partial charge in [-0.2, -0.15) is 0 Å². The summed E-state index contributed by atoms with van der Waals surface area (Å²) in [4.78, 5) is 11.0. The molecule has 0 amide bonds. The second-order valence-corrected chi connectivity index (χ2v) is 4.43. The van der Waals surface area contributed by atoms with Crippen LogP contribution in [0.25, 0.3) is 0 Å².